The van der Waals surface area contributed by atoms with Crippen molar-refractivity contribution in [2.75, 3.05) is 13.1 Å². The molecule has 0 bridgehead atoms. The van der Waals surface area contributed by atoms with Crippen molar-refractivity contribution in [1.29, 1.82) is 0 Å². The van der Waals surface area contributed by atoms with E-state index >= 15 is 0 Å². The molecule has 1 amide bonds. The third kappa shape index (κ3) is 2.63. The van der Waals surface area contributed by atoms with Gasteiger partial charge in [0.05, 0.1) is 20.5 Å². The maximum absolute atomic E-state index is 13.1. The number of amides is 1. The van der Waals surface area contributed by atoms with Crippen LogP contribution in [-0.2, 0) is 9.63 Å². The maximum atomic E-state index is 13.1. The smallest absolute Gasteiger partial charge is 0.332 e. The Labute approximate surface area is 176 Å². The first-order valence-corrected chi connectivity index (χ1v) is 10.4. The van der Waals surface area contributed by atoms with E-state index in [0.29, 0.717) is 39.4 Å². The highest BCUT2D eigenvalue weighted by Crippen LogP contribution is 2.52. The van der Waals surface area contributed by atoms with Crippen LogP contribution in [0, 0.1) is 0 Å². The zero-order valence-electron chi connectivity index (χ0n) is 14.6. The lowest BCUT2D eigenvalue weighted by atomic mass is 10.1. The number of hydrogen-bond donors (Lipinski definition) is 0. The number of carbonyl (C=O) groups excluding carboxylic acids is 1. The summed E-state index contributed by atoms with van der Waals surface area (Å²) in [6.45, 7) is 1.29. The molecule has 2 aromatic rings. The lowest BCUT2D eigenvalue weighted by Crippen LogP contribution is -2.60. The number of halogens is 2. The molecular weight excluding hydrogens is 417 g/mol. The molecule has 3 aliphatic rings. The monoisotopic (exact) mass is 431 g/mol. The highest BCUT2D eigenvalue weighted by atomic mass is 35.5. The molecule has 1 spiro atoms. The fourth-order valence-corrected chi connectivity index (χ4v) is 5.56. The van der Waals surface area contributed by atoms with Crippen molar-refractivity contribution in [2.24, 2.45) is 5.16 Å². The van der Waals surface area contributed by atoms with E-state index in [-0.39, 0.29) is 5.91 Å². The van der Waals surface area contributed by atoms with Crippen LogP contribution in [0.1, 0.15) is 17.5 Å². The Bertz CT molecular complexity index is 1010. The van der Waals surface area contributed by atoms with Crippen molar-refractivity contribution in [3.63, 3.8) is 0 Å². The van der Waals surface area contributed by atoms with Gasteiger partial charge in [-0.1, -0.05) is 64.8 Å². The largest absolute Gasteiger partial charge is 0.348 e. The number of amidine groups is 1. The van der Waals surface area contributed by atoms with Gasteiger partial charge in [-0.3, -0.25) is 14.6 Å². The molecule has 2 aromatic carbocycles. The number of rotatable bonds is 2. The lowest BCUT2D eigenvalue weighted by molar-refractivity contribution is -0.167. The molecule has 1 unspecified atom stereocenters. The number of oxime groups is 1. The summed E-state index contributed by atoms with van der Waals surface area (Å²) in [6.07, 6.45) is 2.69. The van der Waals surface area contributed by atoms with E-state index in [9.17, 15) is 4.79 Å². The summed E-state index contributed by atoms with van der Waals surface area (Å²) in [5.74, 6) is 0.502. The van der Waals surface area contributed by atoms with E-state index in [1.54, 1.807) is 23.1 Å². The third-order valence-electron chi connectivity index (χ3n) is 4.93. The van der Waals surface area contributed by atoms with Gasteiger partial charge in [0.1, 0.15) is 0 Å². The molecule has 0 N–H and O–H groups in total. The Hall–Kier alpha value is -2.15. The van der Waals surface area contributed by atoms with Crippen molar-refractivity contribution in [2.45, 2.75) is 11.6 Å². The van der Waals surface area contributed by atoms with Crippen molar-refractivity contribution < 1.29 is 9.63 Å². The van der Waals surface area contributed by atoms with Crippen LogP contribution in [0.4, 0.5) is 0 Å². The summed E-state index contributed by atoms with van der Waals surface area (Å²) < 4.78 is 0. The molecule has 142 valence electrons. The van der Waals surface area contributed by atoms with Gasteiger partial charge >= 0.3 is 5.18 Å². The molecule has 0 aliphatic carbocycles. The summed E-state index contributed by atoms with van der Waals surface area (Å²) in [4.78, 5) is 23.3. The van der Waals surface area contributed by atoms with Crippen molar-refractivity contribution >= 4 is 52.8 Å². The van der Waals surface area contributed by atoms with Crippen LogP contribution < -0.4 is 0 Å². The molecule has 1 atom stereocenters. The summed E-state index contributed by atoms with van der Waals surface area (Å²) >= 11 is 14.2. The first kappa shape index (κ1) is 17.9. The quantitative estimate of drug-likeness (QED) is 0.650. The van der Waals surface area contributed by atoms with Gasteiger partial charge in [-0.2, -0.15) is 0 Å². The minimum absolute atomic E-state index is 0.0553. The molecule has 2 fully saturated rings. The molecule has 3 heterocycles. The summed E-state index contributed by atoms with van der Waals surface area (Å²) in [5, 5.41) is 4.29. The predicted octanol–water partition coefficient (Wildman–Crippen LogP) is 4.62. The van der Waals surface area contributed by atoms with Crippen LogP contribution in [0.5, 0.6) is 0 Å². The SMILES string of the molecule is O=C1/C(=C/c2ccccc2)SC23ON=C(c4c(Cl)cccc4Cl)N2CCCN13. The van der Waals surface area contributed by atoms with E-state index in [1.165, 1.54) is 11.8 Å². The van der Waals surface area contributed by atoms with Gasteiger partial charge in [0.15, 0.2) is 5.84 Å². The Balaban J connectivity index is 1.54. The van der Waals surface area contributed by atoms with E-state index in [2.05, 4.69) is 5.16 Å². The van der Waals surface area contributed by atoms with Crippen LogP contribution in [0.3, 0.4) is 0 Å². The molecule has 2 saturated heterocycles. The van der Waals surface area contributed by atoms with Crippen molar-refractivity contribution in [3.05, 3.63) is 74.6 Å². The van der Waals surface area contributed by atoms with Gasteiger partial charge in [-0.05, 0) is 42.0 Å². The number of carbonyl (C=O) groups is 1. The highest BCUT2D eigenvalue weighted by molar-refractivity contribution is 8.05. The van der Waals surface area contributed by atoms with Crippen LogP contribution in [-0.4, -0.2) is 39.8 Å². The Morgan fingerprint density at radius 3 is 2.50 bits per heavy atom. The first-order valence-electron chi connectivity index (χ1n) is 8.86. The minimum atomic E-state index is -1.02. The van der Waals surface area contributed by atoms with E-state index in [1.807, 2.05) is 41.3 Å². The molecule has 28 heavy (non-hydrogen) atoms. The molecule has 8 heteroatoms. The van der Waals surface area contributed by atoms with E-state index in [0.717, 1.165) is 12.0 Å². The fraction of sp³-hybridized carbons (Fsp3) is 0.200. The van der Waals surface area contributed by atoms with Crippen LogP contribution in [0.25, 0.3) is 6.08 Å². The summed E-state index contributed by atoms with van der Waals surface area (Å²) in [6, 6.07) is 15.1. The van der Waals surface area contributed by atoms with Crippen LogP contribution in [0.15, 0.2) is 58.6 Å². The Morgan fingerprint density at radius 2 is 1.75 bits per heavy atom. The molecular formula is C20H15Cl2N3O2S. The molecule has 0 saturated carbocycles. The molecule has 5 nitrogen and oxygen atoms in total. The summed E-state index contributed by atoms with van der Waals surface area (Å²) in [7, 11) is 0. The second-order valence-electron chi connectivity index (χ2n) is 6.63. The second-order valence-corrected chi connectivity index (χ2v) is 8.62. The molecule has 0 radical (unpaired) electrons. The van der Waals surface area contributed by atoms with Gasteiger partial charge in [0, 0.05) is 13.1 Å². The second kappa shape index (κ2) is 6.72. The topological polar surface area (TPSA) is 45.1 Å². The van der Waals surface area contributed by atoms with Crippen LogP contribution in [0.2, 0.25) is 10.0 Å². The average molecular weight is 432 g/mol. The highest BCUT2D eigenvalue weighted by Gasteiger charge is 2.62. The first-order chi connectivity index (χ1) is 13.6. The Kier molecular flexibility index (Phi) is 4.30. The van der Waals surface area contributed by atoms with Gasteiger partial charge in [-0.25, -0.2) is 0 Å². The van der Waals surface area contributed by atoms with Gasteiger partial charge in [-0.15, -0.1) is 0 Å². The number of hydrogen-bond acceptors (Lipinski definition) is 5. The molecule has 0 aromatic heterocycles. The van der Waals surface area contributed by atoms with Gasteiger partial charge in [0.25, 0.3) is 5.91 Å². The average Bonchev–Trinajstić information content (AvgIpc) is 3.19. The molecule has 5 rings (SSSR count). The minimum Gasteiger partial charge on any atom is -0.332 e. The number of nitrogens with zero attached hydrogens (tertiary/aromatic N) is 3. The zero-order valence-corrected chi connectivity index (χ0v) is 17.0. The molecule has 3 aliphatic heterocycles. The zero-order chi connectivity index (χ0) is 19.3. The number of thioether (sulfide) groups is 1. The standard InChI is InChI=1S/C20H15Cl2N3O2S/c21-14-8-4-9-15(22)17(14)18-23-27-20-24(18)10-5-11-25(20)19(26)16(28-20)12-13-6-2-1-3-7-13/h1-4,6-9,12H,5,10-11H2/b16-12-. The van der Waals surface area contributed by atoms with Gasteiger partial charge < -0.3 is 4.84 Å². The maximum Gasteiger partial charge on any atom is 0.348 e. The van der Waals surface area contributed by atoms with Gasteiger partial charge in [0.2, 0.25) is 0 Å². The lowest BCUT2D eigenvalue weighted by Gasteiger charge is -2.42. The van der Waals surface area contributed by atoms with Crippen molar-refractivity contribution in [3.8, 4) is 0 Å². The Morgan fingerprint density at radius 1 is 1.04 bits per heavy atom. The van der Waals surface area contributed by atoms with E-state index in [4.69, 9.17) is 28.0 Å². The van der Waals surface area contributed by atoms with Crippen LogP contribution >= 0.6 is 35.0 Å². The fourth-order valence-electron chi connectivity index (χ4n) is 3.67. The predicted molar refractivity (Wildman–Crippen MR) is 112 cm³/mol. The number of benzene rings is 2. The van der Waals surface area contributed by atoms with Crippen molar-refractivity contribution in [1.82, 2.24) is 9.80 Å². The van der Waals surface area contributed by atoms with E-state index < -0.39 is 5.18 Å². The summed E-state index contributed by atoms with van der Waals surface area (Å²) in [5.41, 5.74) is 1.59. The third-order valence-corrected chi connectivity index (χ3v) is 6.86. The normalized spacial score (nSPS) is 24.9.